The summed E-state index contributed by atoms with van der Waals surface area (Å²) in [5.74, 6) is 1.47. The Hall–Kier alpha value is -1.97. The summed E-state index contributed by atoms with van der Waals surface area (Å²) in [4.78, 5) is 41.1. The summed E-state index contributed by atoms with van der Waals surface area (Å²) in [5, 5.41) is 13.5. The van der Waals surface area contributed by atoms with Crippen LogP contribution in [0.15, 0.2) is 0 Å². The lowest BCUT2D eigenvalue weighted by Gasteiger charge is -2.37. The number of amidine groups is 1. The summed E-state index contributed by atoms with van der Waals surface area (Å²) in [6, 6.07) is -1.34. The highest BCUT2D eigenvalue weighted by atomic mass is 32.2. The summed E-state index contributed by atoms with van der Waals surface area (Å²) >= 11 is 1.64. The van der Waals surface area contributed by atoms with Crippen LogP contribution < -0.4 is 16.4 Å². The van der Waals surface area contributed by atoms with E-state index in [9.17, 15) is 14.4 Å². The maximum Gasteiger partial charge on any atom is 0.407 e. The largest absolute Gasteiger partial charge is 0.449 e. The van der Waals surface area contributed by atoms with Crippen LogP contribution in [0.2, 0.25) is 0 Å². The maximum absolute atomic E-state index is 13.8. The van der Waals surface area contributed by atoms with Crippen LogP contribution in [-0.4, -0.2) is 70.9 Å². The van der Waals surface area contributed by atoms with Crippen LogP contribution in [0.3, 0.4) is 0 Å². The topological polar surface area (TPSA) is 138 Å². The summed E-state index contributed by atoms with van der Waals surface area (Å²) in [6.07, 6.45) is 5.35. The zero-order valence-corrected chi connectivity index (χ0v) is 23.5. The Balaban J connectivity index is 2.04. The number of amides is 3. The van der Waals surface area contributed by atoms with Crippen LogP contribution in [0, 0.1) is 23.2 Å². The summed E-state index contributed by atoms with van der Waals surface area (Å²) in [7, 11) is 0. The van der Waals surface area contributed by atoms with Crippen molar-refractivity contribution in [3.63, 3.8) is 0 Å². The molecular weight excluding hydrogens is 478 g/mol. The van der Waals surface area contributed by atoms with Gasteiger partial charge in [-0.25, -0.2) is 4.79 Å². The molecule has 1 heterocycles. The van der Waals surface area contributed by atoms with E-state index >= 15 is 0 Å². The molecule has 1 saturated heterocycles. The van der Waals surface area contributed by atoms with E-state index < -0.39 is 22.9 Å². The number of carbonyl (C=O) groups is 3. The van der Waals surface area contributed by atoms with Gasteiger partial charge in [-0.1, -0.05) is 20.8 Å². The van der Waals surface area contributed by atoms with E-state index in [1.807, 2.05) is 27.7 Å². The van der Waals surface area contributed by atoms with Crippen molar-refractivity contribution in [3.05, 3.63) is 0 Å². The Morgan fingerprint density at radius 3 is 2.42 bits per heavy atom. The van der Waals surface area contributed by atoms with E-state index in [-0.39, 0.29) is 36.1 Å². The second-order valence-electron chi connectivity index (χ2n) is 11.1. The number of likely N-dealkylation sites (tertiary alicyclic amines) is 1. The molecule has 3 amide bonds. The normalized spacial score (nSPS) is 23.3. The Bertz CT molecular complexity index is 767. The Kier molecular flexibility index (Phi) is 11.8. The molecule has 0 radical (unpaired) electrons. The number of hydrogen-bond acceptors (Lipinski definition) is 6. The Labute approximate surface area is 220 Å². The first kappa shape index (κ1) is 30.3. The third-order valence-electron chi connectivity index (χ3n) is 7.12. The van der Waals surface area contributed by atoms with E-state index in [0.717, 1.165) is 44.3 Å². The molecular formula is C26H47N5O4S. The minimum atomic E-state index is -0.802. The number of carbonyl (C=O) groups excluding carboxylic acids is 3. The van der Waals surface area contributed by atoms with E-state index in [0.29, 0.717) is 25.4 Å². The van der Waals surface area contributed by atoms with Gasteiger partial charge in [0, 0.05) is 23.8 Å². The van der Waals surface area contributed by atoms with Gasteiger partial charge in [-0.3, -0.25) is 15.0 Å². The highest BCUT2D eigenvalue weighted by Gasteiger charge is 2.44. The second-order valence-corrected chi connectivity index (χ2v) is 12.9. The first-order chi connectivity index (χ1) is 17.0. The molecule has 2 rings (SSSR count). The number of ether oxygens (including phenoxy) is 1. The first-order valence-corrected chi connectivity index (χ1v) is 14.4. The van der Waals surface area contributed by atoms with Crippen molar-refractivity contribution in [1.82, 2.24) is 15.5 Å². The zero-order valence-electron chi connectivity index (χ0n) is 22.7. The molecule has 1 aliphatic carbocycles. The van der Waals surface area contributed by atoms with Gasteiger partial charge in [0.1, 0.15) is 12.1 Å². The summed E-state index contributed by atoms with van der Waals surface area (Å²) in [6.45, 7) is 11.3. The lowest BCUT2D eigenvalue weighted by atomic mass is 9.81. The van der Waals surface area contributed by atoms with Crippen LogP contribution in [0.4, 0.5) is 4.79 Å². The van der Waals surface area contributed by atoms with Crippen LogP contribution in [-0.2, 0) is 14.3 Å². The number of thioether (sulfide) groups is 1. The summed E-state index contributed by atoms with van der Waals surface area (Å²) < 4.78 is 4.75. The van der Waals surface area contributed by atoms with Gasteiger partial charge in [0.25, 0.3) is 0 Å². The number of alkyl carbamates (subject to hydrolysis) is 1. The van der Waals surface area contributed by atoms with Gasteiger partial charge >= 0.3 is 6.09 Å². The third kappa shape index (κ3) is 8.85. The lowest BCUT2D eigenvalue weighted by Crippen LogP contribution is -2.60. The monoisotopic (exact) mass is 525 g/mol. The van der Waals surface area contributed by atoms with Crippen LogP contribution in [0.1, 0.15) is 79.6 Å². The van der Waals surface area contributed by atoms with Crippen molar-refractivity contribution < 1.29 is 19.1 Å². The molecule has 1 aliphatic heterocycles. The van der Waals surface area contributed by atoms with Crippen molar-refractivity contribution in [2.75, 3.05) is 25.4 Å². The van der Waals surface area contributed by atoms with Gasteiger partial charge in [0.2, 0.25) is 11.8 Å². The van der Waals surface area contributed by atoms with E-state index in [2.05, 4.69) is 17.6 Å². The fourth-order valence-electron chi connectivity index (χ4n) is 4.89. The van der Waals surface area contributed by atoms with Crippen LogP contribution >= 0.6 is 11.8 Å². The highest BCUT2D eigenvalue weighted by Crippen LogP contribution is 2.32. The average Bonchev–Trinajstić information content (AvgIpc) is 3.33. The number of nitrogens with two attached hydrogens (primary N) is 1. The quantitative estimate of drug-likeness (QED) is 0.227. The molecule has 10 heteroatoms. The van der Waals surface area contributed by atoms with Gasteiger partial charge in [0.15, 0.2) is 0 Å². The number of rotatable bonds is 12. The fourth-order valence-corrected chi connectivity index (χ4v) is 5.95. The minimum Gasteiger partial charge on any atom is -0.449 e. The number of hydrogen-bond donors (Lipinski definition) is 4. The van der Waals surface area contributed by atoms with E-state index in [1.165, 1.54) is 0 Å². The van der Waals surface area contributed by atoms with Crippen LogP contribution in [0.25, 0.3) is 0 Å². The predicted octanol–water partition coefficient (Wildman–Crippen LogP) is 3.51. The number of nitrogens with one attached hydrogen (secondary N) is 3. The maximum atomic E-state index is 13.8. The van der Waals surface area contributed by atoms with Crippen molar-refractivity contribution in [1.29, 1.82) is 5.41 Å². The molecule has 2 aliphatic rings. The molecule has 206 valence electrons. The second kappa shape index (κ2) is 14.1. The lowest BCUT2D eigenvalue weighted by molar-refractivity contribution is -0.140. The molecule has 36 heavy (non-hydrogen) atoms. The van der Waals surface area contributed by atoms with Crippen molar-refractivity contribution in [3.8, 4) is 0 Å². The standard InChI is InChI=1S/C26H47N5O4S/c1-6-14-36-26(4,5)21(30-25(34)35-16-17(2)3)24(33)31-13-7-8-20(31)23(32)29-15-18-9-11-19(12-10-18)22(27)28/h17-21H,6-16H2,1-5H3,(H3,27,28)(H,29,32)(H,30,34)/t18?,19?,20-,21-/m0/s1. The zero-order chi connectivity index (χ0) is 26.9. The third-order valence-corrected chi connectivity index (χ3v) is 8.71. The van der Waals surface area contributed by atoms with Crippen molar-refractivity contribution in [2.24, 2.45) is 23.5 Å². The molecule has 0 aromatic carbocycles. The molecule has 0 unspecified atom stereocenters. The van der Waals surface area contributed by atoms with Crippen molar-refractivity contribution in [2.45, 2.75) is 96.4 Å². The molecule has 0 aromatic heterocycles. The SMILES string of the molecule is CCCSC(C)(C)[C@@H](NC(=O)OCC(C)C)C(=O)N1CCC[C@H]1C(=O)NCC1CCC(C(=N)N)CC1. The van der Waals surface area contributed by atoms with Gasteiger partial charge in [-0.05, 0) is 76.4 Å². The number of nitrogens with zero attached hydrogens (tertiary/aromatic N) is 1. The predicted molar refractivity (Wildman–Crippen MR) is 145 cm³/mol. The molecule has 2 atom stereocenters. The van der Waals surface area contributed by atoms with Crippen LogP contribution in [0.5, 0.6) is 0 Å². The molecule has 0 bridgehead atoms. The smallest absolute Gasteiger partial charge is 0.407 e. The molecule has 5 N–H and O–H groups in total. The van der Waals surface area contributed by atoms with Gasteiger partial charge in [-0.15, -0.1) is 0 Å². The molecule has 0 aromatic rings. The Morgan fingerprint density at radius 2 is 1.83 bits per heavy atom. The molecule has 0 spiro atoms. The minimum absolute atomic E-state index is 0.130. The Morgan fingerprint density at radius 1 is 1.17 bits per heavy atom. The highest BCUT2D eigenvalue weighted by molar-refractivity contribution is 8.00. The van der Waals surface area contributed by atoms with E-state index in [1.54, 1.807) is 16.7 Å². The van der Waals surface area contributed by atoms with Gasteiger partial charge < -0.3 is 26.0 Å². The average molecular weight is 526 g/mol. The van der Waals surface area contributed by atoms with Gasteiger partial charge in [-0.2, -0.15) is 11.8 Å². The van der Waals surface area contributed by atoms with Gasteiger partial charge in [0.05, 0.1) is 12.4 Å². The summed E-state index contributed by atoms with van der Waals surface area (Å²) in [5.41, 5.74) is 5.64. The molecule has 9 nitrogen and oxygen atoms in total. The van der Waals surface area contributed by atoms with Crippen molar-refractivity contribution >= 4 is 35.5 Å². The molecule has 1 saturated carbocycles. The fraction of sp³-hybridized carbons (Fsp3) is 0.846. The van der Waals surface area contributed by atoms with E-state index in [4.69, 9.17) is 15.9 Å². The first-order valence-electron chi connectivity index (χ1n) is 13.5. The molecule has 2 fully saturated rings.